The van der Waals surface area contributed by atoms with E-state index in [2.05, 4.69) is 5.32 Å². The molecule has 0 bridgehead atoms. The van der Waals surface area contributed by atoms with E-state index >= 15 is 0 Å². The van der Waals surface area contributed by atoms with E-state index < -0.39 is 0 Å². The van der Waals surface area contributed by atoms with Crippen molar-refractivity contribution in [2.75, 3.05) is 12.4 Å². The second kappa shape index (κ2) is 6.31. The first-order chi connectivity index (χ1) is 7.13. The van der Waals surface area contributed by atoms with Crippen LogP contribution in [0.25, 0.3) is 0 Å². The minimum Gasteiger partial charge on any atom is -0.312 e. The van der Waals surface area contributed by atoms with Gasteiger partial charge in [-0.05, 0) is 36.2 Å². The van der Waals surface area contributed by atoms with Crippen LogP contribution < -0.4 is 5.32 Å². The lowest BCUT2D eigenvalue weighted by atomic mass is 10.2. The van der Waals surface area contributed by atoms with E-state index in [9.17, 15) is 4.39 Å². The Morgan fingerprint density at radius 3 is 2.87 bits per heavy atom. The van der Waals surface area contributed by atoms with Gasteiger partial charge in [-0.25, -0.2) is 4.39 Å². The van der Waals surface area contributed by atoms with Gasteiger partial charge < -0.3 is 5.32 Å². The summed E-state index contributed by atoms with van der Waals surface area (Å²) >= 11 is 11.6. The zero-order chi connectivity index (χ0) is 11.3. The molecular weight excluding hydrogens is 236 g/mol. The van der Waals surface area contributed by atoms with Gasteiger partial charge in [-0.1, -0.05) is 18.5 Å². The van der Waals surface area contributed by atoms with Crippen molar-refractivity contribution >= 4 is 23.2 Å². The van der Waals surface area contributed by atoms with Crippen molar-refractivity contribution in [3.8, 4) is 0 Å². The van der Waals surface area contributed by atoms with Crippen LogP contribution in [0.1, 0.15) is 12.5 Å². The highest BCUT2D eigenvalue weighted by atomic mass is 35.5. The lowest BCUT2D eigenvalue weighted by Gasteiger charge is -2.10. The highest BCUT2D eigenvalue weighted by molar-refractivity contribution is 6.31. The monoisotopic (exact) mass is 249 g/mol. The van der Waals surface area contributed by atoms with Gasteiger partial charge in [-0.2, -0.15) is 0 Å². The Labute approximate surface area is 99.6 Å². The molecule has 4 heteroatoms. The molecule has 1 nitrogen and oxygen atoms in total. The van der Waals surface area contributed by atoms with Gasteiger partial charge in [0.25, 0.3) is 0 Å². The fourth-order valence-electron chi connectivity index (χ4n) is 1.19. The topological polar surface area (TPSA) is 12.0 Å². The van der Waals surface area contributed by atoms with Crippen molar-refractivity contribution in [3.63, 3.8) is 0 Å². The fourth-order valence-corrected chi connectivity index (χ4v) is 1.48. The van der Waals surface area contributed by atoms with Gasteiger partial charge in [0.05, 0.1) is 0 Å². The quantitative estimate of drug-likeness (QED) is 0.789. The van der Waals surface area contributed by atoms with Crippen molar-refractivity contribution in [1.29, 1.82) is 0 Å². The van der Waals surface area contributed by atoms with Crippen LogP contribution in [0.3, 0.4) is 0 Å². The third kappa shape index (κ3) is 4.37. The molecule has 1 aromatic rings. The number of nitrogens with one attached hydrogen (secondary N) is 1. The van der Waals surface area contributed by atoms with Crippen LogP contribution in [0, 0.1) is 11.7 Å². The number of rotatable bonds is 5. The predicted molar refractivity (Wildman–Crippen MR) is 63.0 cm³/mol. The van der Waals surface area contributed by atoms with Crippen LogP contribution in [0.4, 0.5) is 4.39 Å². The van der Waals surface area contributed by atoms with Gasteiger partial charge in [0.1, 0.15) is 5.82 Å². The van der Waals surface area contributed by atoms with Crippen molar-refractivity contribution in [3.05, 3.63) is 34.6 Å². The van der Waals surface area contributed by atoms with E-state index in [-0.39, 0.29) is 5.82 Å². The molecule has 0 heterocycles. The maximum atomic E-state index is 12.9. The van der Waals surface area contributed by atoms with Crippen LogP contribution in [-0.2, 0) is 6.54 Å². The Morgan fingerprint density at radius 1 is 1.47 bits per heavy atom. The molecule has 0 spiro atoms. The first kappa shape index (κ1) is 12.8. The molecule has 0 saturated carbocycles. The summed E-state index contributed by atoms with van der Waals surface area (Å²) in [5.41, 5.74) is 0.776. The minimum atomic E-state index is -0.262. The molecular formula is C11H14Cl2FN. The average molecular weight is 250 g/mol. The van der Waals surface area contributed by atoms with Gasteiger partial charge in [-0.15, -0.1) is 11.6 Å². The minimum absolute atomic E-state index is 0.262. The molecule has 15 heavy (non-hydrogen) atoms. The number of hydrogen-bond acceptors (Lipinski definition) is 1. The lowest BCUT2D eigenvalue weighted by Crippen LogP contribution is -2.21. The standard InChI is InChI=1S/C11H14Cl2FN/c1-8(5-12)6-15-7-9-4-10(14)2-3-11(9)13/h2-4,8,15H,5-7H2,1H3. The summed E-state index contributed by atoms with van der Waals surface area (Å²) in [5.74, 6) is 0.754. The summed E-state index contributed by atoms with van der Waals surface area (Å²) in [7, 11) is 0. The van der Waals surface area contributed by atoms with E-state index in [1.807, 2.05) is 6.92 Å². The molecule has 0 amide bonds. The second-order valence-corrected chi connectivity index (χ2v) is 4.34. The lowest BCUT2D eigenvalue weighted by molar-refractivity contribution is 0.554. The zero-order valence-corrected chi connectivity index (χ0v) is 10.1. The normalized spacial score (nSPS) is 12.8. The number of alkyl halides is 1. The maximum Gasteiger partial charge on any atom is 0.123 e. The molecule has 0 aliphatic carbocycles. The van der Waals surface area contributed by atoms with Crippen molar-refractivity contribution < 1.29 is 4.39 Å². The first-order valence-electron chi connectivity index (χ1n) is 4.84. The molecule has 0 aliphatic heterocycles. The Morgan fingerprint density at radius 2 is 2.20 bits per heavy atom. The Bertz CT molecular complexity index is 317. The van der Waals surface area contributed by atoms with Crippen LogP contribution >= 0.6 is 23.2 Å². The SMILES string of the molecule is CC(CCl)CNCc1cc(F)ccc1Cl. The predicted octanol–water partition coefficient (Wildman–Crippen LogP) is 3.44. The number of benzene rings is 1. The van der Waals surface area contributed by atoms with E-state index in [4.69, 9.17) is 23.2 Å². The third-order valence-electron chi connectivity index (χ3n) is 2.08. The van der Waals surface area contributed by atoms with Crippen LogP contribution in [0.15, 0.2) is 18.2 Å². The summed E-state index contributed by atoms with van der Waals surface area (Å²) < 4.78 is 12.9. The van der Waals surface area contributed by atoms with E-state index in [0.717, 1.165) is 12.1 Å². The van der Waals surface area contributed by atoms with E-state index in [0.29, 0.717) is 23.4 Å². The van der Waals surface area contributed by atoms with Gasteiger partial charge in [0, 0.05) is 17.4 Å². The van der Waals surface area contributed by atoms with Crippen LogP contribution in [0.2, 0.25) is 5.02 Å². The van der Waals surface area contributed by atoms with Gasteiger partial charge in [-0.3, -0.25) is 0 Å². The van der Waals surface area contributed by atoms with E-state index in [1.165, 1.54) is 12.1 Å². The fraction of sp³-hybridized carbons (Fsp3) is 0.455. The van der Waals surface area contributed by atoms with Crippen molar-refractivity contribution in [2.45, 2.75) is 13.5 Å². The molecule has 1 atom stereocenters. The third-order valence-corrected chi connectivity index (χ3v) is 2.97. The largest absolute Gasteiger partial charge is 0.312 e. The maximum absolute atomic E-state index is 12.9. The Kier molecular flexibility index (Phi) is 5.37. The van der Waals surface area contributed by atoms with E-state index in [1.54, 1.807) is 6.07 Å². The molecule has 0 fully saturated rings. The van der Waals surface area contributed by atoms with Gasteiger partial charge >= 0.3 is 0 Å². The van der Waals surface area contributed by atoms with Crippen molar-refractivity contribution in [2.24, 2.45) is 5.92 Å². The number of hydrogen-bond donors (Lipinski definition) is 1. The summed E-state index contributed by atoms with van der Waals surface area (Å²) in [6.45, 7) is 3.42. The Balaban J connectivity index is 2.46. The summed E-state index contributed by atoms with van der Waals surface area (Å²) in [6, 6.07) is 4.37. The average Bonchev–Trinajstić information content (AvgIpc) is 2.23. The van der Waals surface area contributed by atoms with Gasteiger partial charge in [0.15, 0.2) is 0 Å². The summed E-state index contributed by atoms with van der Waals surface area (Å²) in [5, 5.41) is 3.77. The number of halogens is 3. The first-order valence-corrected chi connectivity index (χ1v) is 5.75. The smallest absolute Gasteiger partial charge is 0.123 e. The zero-order valence-electron chi connectivity index (χ0n) is 8.56. The Hall–Kier alpha value is -0.310. The second-order valence-electron chi connectivity index (χ2n) is 3.63. The van der Waals surface area contributed by atoms with Crippen LogP contribution in [0.5, 0.6) is 0 Å². The van der Waals surface area contributed by atoms with Crippen LogP contribution in [-0.4, -0.2) is 12.4 Å². The van der Waals surface area contributed by atoms with Gasteiger partial charge in [0.2, 0.25) is 0 Å². The molecule has 0 aromatic heterocycles. The van der Waals surface area contributed by atoms with Crippen molar-refractivity contribution in [1.82, 2.24) is 5.32 Å². The molecule has 0 aliphatic rings. The molecule has 0 radical (unpaired) electrons. The molecule has 1 N–H and O–H groups in total. The highest BCUT2D eigenvalue weighted by Gasteiger charge is 2.03. The summed E-state index contributed by atoms with van der Waals surface area (Å²) in [4.78, 5) is 0. The molecule has 84 valence electrons. The summed E-state index contributed by atoms with van der Waals surface area (Å²) in [6.07, 6.45) is 0. The molecule has 1 rings (SSSR count). The molecule has 1 aromatic carbocycles. The molecule has 1 unspecified atom stereocenters. The highest BCUT2D eigenvalue weighted by Crippen LogP contribution is 2.16. The molecule has 0 saturated heterocycles.